The van der Waals surface area contributed by atoms with Crippen LogP contribution < -0.4 is 5.32 Å². The second-order valence-corrected chi connectivity index (χ2v) is 6.65. The van der Waals surface area contributed by atoms with Crippen molar-refractivity contribution >= 4 is 28.6 Å². The largest absolute Gasteiger partial charge is 0.391 e. The summed E-state index contributed by atoms with van der Waals surface area (Å²) in [5.41, 5.74) is 0. The molecule has 20 heavy (non-hydrogen) atoms. The summed E-state index contributed by atoms with van der Waals surface area (Å²) >= 11 is 2.97. The van der Waals surface area contributed by atoms with Crippen molar-refractivity contribution in [3.63, 3.8) is 0 Å². The molecule has 0 aliphatic heterocycles. The first kappa shape index (κ1) is 15.2. The molecule has 2 unspecified atom stereocenters. The van der Waals surface area contributed by atoms with Crippen molar-refractivity contribution in [3.8, 4) is 9.88 Å². The summed E-state index contributed by atoms with van der Waals surface area (Å²) in [6.07, 6.45) is 1.97. The molecule has 0 aromatic carbocycles. The summed E-state index contributed by atoms with van der Waals surface area (Å²) in [5, 5.41) is 15.4. The van der Waals surface area contributed by atoms with Gasteiger partial charge in [-0.25, -0.2) is 4.98 Å². The van der Waals surface area contributed by atoms with E-state index in [0.717, 1.165) is 16.3 Å². The molecule has 108 valence electrons. The summed E-state index contributed by atoms with van der Waals surface area (Å²) in [6, 6.07) is 3.95. The van der Waals surface area contributed by atoms with Crippen molar-refractivity contribution in [3.05, 3.63) is 28.6 Å². The van der Waals surface area contributed by atoms with Gasteiger partial charge in [-0.3, -0.25) is 4.79 Å². The lowest BCUT2D eigenvalue weighted by molar-refractivity contribution is 0.0853. The molecule has 2 rings (SSSR count). The van der Waals surface area contributed by atoms with Crippen LogP contribution in [-0.4, -0.2) is 28.6 Å². The number of amides is 1. The zero-order chi connectivity index (χ0) is 14.5. The molecular weight excluding hydrogens is 292 g/mol. The molecule has 0 fully saturated rings. The van der Waals surface area contributed by atoms with Crippen LogP contribution in [-0.2, 0) is 0 Å². The third-order valence-corrected chi connectivity index (χ3v) is 5.27. The molecule has 0 saturated heterocycles. The van der Waals surface area contributed by atoms with Gasteiger partial charge < -0.3 is 10.4 Å². The molecule has 2 heterocycles. The van der Waals surface area contributed by atoms with Gasteiger partial charge in [0.1, 0.15) is 9.88 Å². The Hall–Kier alpha value is -1.24. The Balaban J connectivity index is 1.93. The number of rotatable bonds is 6. The van der Waals surface area contributed by atoms with Crippen LogP contribution in [0.2, 0.25) is 0 Å². The van der Waals surface area contributed by atoms with E-state index in [9.17, 15) is 9.90 Å². The number of carbonyl (C=O) groups excluding carboxylic acids is 1. The number of carbonyl (C=O) groups is 1. The normalized spacial score (nSPS) is 13.9. The van der Waals surface area contributed by atoms with Crippen LogP contribution in [0.5, 0.6) is 0 Å². The van der Waals surface area contributed by atoms with E-state index in [0.29, 0.717) is 4.88 Å². The SMILES string of the molecule is CCC(C)C(O)CNC(=O)c1cnc(-c2cccs2)s1. The van der Waals surface area contributed by atoms with Gasteiger partial charge in [-0.1, -0.05) is 26.3 Å². The number of hydrogen-bond acceptors (Lipinski definition) is 5. The number of thiazole rings is 1. The lowest BCUT2D eigenvalue weighted by Crippen LogP contribution is -2.35. The van der Waals surface area contributed by atoms with Gasteiger partial charge in [-0.15, -0.1) is 22.7 Å². The van der Waals surface area contributed by atoms with E-state index in [1.54, 1.807) is 17.5 Å². The fraction of sp³-hybridized carbons (Fsp3) is 0.429. The van der Waals surface area contributed by atoms with Crippen LogP contribution in [0, 0.1) is 5.92 Å². The van der Waals surface area contributed by atoms with Crippen molar-refractivity contribution in [1.82, 2.24) is 10.3 Å². The number of hydrogen-bond donors (Lipinski definition) is 2. The van der Waals surface area contributed by atoms with Gasteiger partial charge in [0.15, 0.2) is 0 Å². The minimum atomic E-state index is -0.506. The Morgan fingerprint density at radius 2 is 2.35 bits per heavy atom. The molecule has 2 atom stereocenters. The fourth-order valence-corrected chi connectivity index (χ4v) is 3.29. The first-order valence-electron chi connectivity index (χ1n) is 6.57. The molecule has 0 spiro atoms. The highest BCUT2D eigenvalue weighted by atomic mass is 32.1. The first-order valence-corrected chi connectivity index (χ1v) is 8.27. The molecule has 0 bridgehead atoms. The van der Waals surface area contributed by atoms with E-state index in [1.807, 2.05) is 31.4 Å². The smallest absolute Gasteiger partial charge is 0.263 e. The van der Waals surface area contributed by atoms with Crippen LogP contribution in [0.3, 0.4) is 0 Å². The van der Waals surface area contributed by atoms with E-state index in [-0.39, 0.29) is 18.4 Å². The number of aliphatic hydroxyl groups is 1. The third kappa shape index (κ3) is 3.65. The maximum Gasteiger partial charge on any atom is 0.263 e. The average Bonchev–Trinajstić information content (AvgIpc) is 3.12. The Morgan fingerprint density at radius 1 is 1.55 bits per heavy atom. The quantitative estimate of drug-likeness (QED) is 0.862. The highest BCUT2D eigenvalue weighted by Gasteiger charge is 2.16. The zero-order valence-corrected chi connectivity index (χ0v) is 13.1. The van der Waals surface area contributed by atoms with Gasteiger partial charge in [0.2, 0.25) is 0 Å². The molecule has 0 aliphatic rings. The zero-order valence-electron chi connectivity index (χ0n) is 11.5. The average molecular weight is 310 g/mol. The molecule has 0 radical (unpaired) electrons. The fourth-order valence-electron chi connectivity index (χ4n) is 1.65. The van der Waals surface area contributed by atoms with Gasteiger partial charge in [0, 0.05) is 6.54 Å². The Kier molecular flexibility index (Phi) is 5.28. The topological polar surface area (TPSA) is 62.2 Å². The third-order valence-electron chi connectivity index (χ3n) is 3.23. The van der Waals surface area contributed by atoms with Crippen molar-refractivity contribution in [2.45, 2.75) is 26.4 Å². The summed E-state index contributed by atoms with van der Waals surface area (Å²) in [7, 11) is 0. The van der Waals surface area contributed by atoms with E-state index in [2.05, 4.69) is 10.3 Å². The Morgan fingerprint density at radius 3 is 3.00 bits per heavy atom. The summed E-state index contributed by atoms with van der Waals surface area (Å²) in [5.74, 6) is 0.00565. The van der Waals surface area contributed by atoms with E-state index in [4.69, 9.17) is 0 Å². The second kappa shape index (κ2) is 6.97. The van der Waals surface area contributed by atoms with Crippen LogP contribution in [0.25, 0.3) is 9.88 Å². The number of aromatic nitrogens is 1. The lowest BCUT2D eigenvalue weighted by Gasteiger charge is -2.17. The predicted molar refractivity (Wildman–Crippen MR) is 83.2 cm³/mol. The molecule has 2 N–H and O–H groups in total. The molecule has 1 amide bonds. The maximum absolute atomic E-state index is 12.0. The monoisotopic (exact) mass is 310 g/mol. The number of nitrogens with one attached hydrogen (secondary N) is 1. The Labute approximate surface area is 126 Å². The standard InChI is InChI=1S/C14H18N2O2S2/c1-3-9(2)10(17)7-15-13(18)12-8-16-14(20-12)11-5-4-6-19-11/h4-6,8-10,17H,3,7H2,1-2H3,(H,15,18). The van der Waals surface area contributed by atoms with Gasteiger partial charge in [-0.2, -0.15) is 0 Å². The summed E-state index contributed by atoms with van der Waals surface area (Å²) < 4.78 is 0. The lowest BCUT2D eigenvalue weighted by atomic mass is 10.0. The molecule has 2 aromatic rings. The minimum Gasteiger partial charge on any atom is -0.391 e. The van der Waals surface area contributed by atoms with E-state index < -0.39 is 6.10 Å². The molecular formula is C14H18N2O2S2. The number of thiophene rings is 1. The molecule has 2 aromatic heterocycles. The van der Waals surface area contributed by atoms with Crippen LogP contribution >= 0.6 is 22.7 Å². The van der Waals surface area contributed by atoms with Crippen molar-refractivity contribution < 1.29 is 9.90 Å². The van der Waals surface area contributed by atoms with Crippen LogP contribution in [0.4, 0.5) is 0 Å². The van der Waals surface area contributed by atoms with Crippen LogP contribution in [0.1, 0.15) is 29.9 Å². The van der Waals surface area contributed by atoms with Crippen molar-refractivity contribution in [1.29, 1.82) is 0 Å². The highest BCUT2D eigenvalue weighted by Crippen LogP contribution is 2.28. The molecule has 4 nitrogen and oxygen atoms in total. The number of nitrogens with zero attached hydrogens (tertiary/aromatic N) is 1. The predicted octanol–water partition coefficient (Wildman–Crippen LogP) is 3.01. The number of aliphatic hydroxyl groups excluding tert-OH is 1. The van der Waals surface area contributed by atoms with E-state index >= 15 is 0 Å². The summed E-state index contributed by atoms with van der Waals surface area (Å²) in [4.78, 5) is 17.9. The Bertz CT molecular complexity index is 551. The van der Waals surface area contributed by atoms with Gasteiger partial charge in [-0.05, 0) is 17.4 Å². The van der Waals surface area contributed by atoms with Crippen LogP contribution in [0.15, 0.2) is 23.7 Å². The highest BCUT2D eigenvalue weighted by molar-refractivity contribution is 7.21. The van der Waals surface area contributed by atoms with Crippen molar-refractivity contribution in [2.24, 2.45) is 5.92 Å². The van der Waals surface area contributed by atoms with Crippen molar-refractivity contribution in [2.75, 3.05) is 6.54 Å². The van der Waals surface area contributed by atoms with E-state index in [1.165, 1.54) is 11.3 Å². The first-order chi connectivity index (χ1) is 9.61. The maximum atomic E-state index is 12.0. The van der Waals surface area contributed by atoms with Gasteiger partial charge in [0.05, 0.1) is 17.2 Å². The van der Waals surface area contributed by atoms with Gasteiger partial charge >= 0.3 is 0 Å². The second-order valence-electron chi connectivity index (χ2n) is 4.67. The minimum absolute atomic E-state index is 0.173. The summed E-state index contributed by atoms with van der Waals surface area (Å²) in [6.45, 7) is 4.27. The molecule has 0 aliphatic carbocycles. The molecule has 6 heteroatoms. The molecule has 0 saturated carbocycles. The van der Waals surface area contributed by atoms with Gasteiger partial charge in [0.25, 0.3) is 5.91 Å².